The SMILES string of the molecule is Cn1cnn(-c2ccc(NCC#Cc3ccc(C(F)(F)F)cc3)cc2)c1=O. The molecule has 27 heavy (non-hydrogen) atoms. The lowest BCUT2D eigenvalue weighted by molar-refractivity contribution is -0.137. The van der Waals surface area contributed by atoms with Gasteiger partial charge in [-0.15, -0.1) is 0 Å². The van der Waals surface area contributed by atoms with E-state index in [-0.39, 0.29) is 5.69 Å². The molecule has 0 amide bonds. The Morgan fingerprint density at radius 1 is 1.07 bits per heavy atom. The average Bonchev–Trinajstić information content (AvgIpc) is 2.98. The quantitative estimate of drug-likeness (QED) is 0.719. The van der Waals surface area contributed by atoms with Gasteiger partial charge in [0.2, 0.25) is 0 Å². The van der Waals surface area contributed by atoms with Crippen LogP contribution in [0, 0.1) is 11.8 Å². The highest BCUT2D eigenvalue weighted by Gasteiger charge is 2.29. The predicted octanol–water partition coefficient (Wildman–Crippen LogP) is 3.05. The number of hydrogen-bond acceptors (Lipinski definition) is 3. The van der Waals surface area contributed by atoms with E-state index in [0.717, 1.165) is 17.8 Å². The van der Waals surface area contributed by atoms with Crippen LogP contribution in [-0.2, 0) is 13.2 Å². The number of aromatic nitrogens is 3. The van der Waals surface area contributed by atoms with Gasteiger partial charge in [-0.3, -0.25) is 4.57 Å². The van der Waals surface area contributed by atoms with Gasteiger partial charge in [0.1, 0.15) is 6.33 Å². The van der Waals surface area contributed by atoms with Crippen molar-refractivity contribution in [2.75, 3.05) is 11.9 Å². The summed E-state index contributed by atoms with van der Waals surface area (Å²) in [6, 6.07) is 11.8. The minimum atomic E-state index is -4.35. The number of benzene rings is 2. The maximum absolute atomic E-state index is 12.5. The fraction of sp³-hybridized carbons (Fsp3) is 0.158. The van der Waals surface area contributed by atoms with E-state index in [2.05, 4.69) is 22.3 Å². The summed E-state index contributed by atoms with van der Waals surface area (Å²) in [4.78, 5) is 11.8. The van der Waals surface area contributed by atoms with Gasteiger partial charge in [-0.1, -0.05) is 11.8 Å². The van der Waals surface area contributed by atoms with Crippen molar-refractivity contribution in [3.8, 4) is 17.5 Å². The van der Waals surface area contributed by atoms with Crippen molar-refractivity contribution in [1.29, 1.82) is 0 Å². The molecule has 1 heterocycles. The molecule has 1 N–H and O–H groups in total. The third-order valence-electron chi connectivity index (χ3n) is 3.76. The largest absolute Gasteiger partial charge is 0.416 e. The zero-order valence-electron chi connectivity index (χ0n) is 14.3. The van der Waals surface area contributed by atoms with Crippen LogP contribution >= 0.6 is 0 Å². The minimum Gasteiger partial charge on any atom is -0.374 e. The summed E-state index contributed by atoms with van der Waals surface area (Å²) in [5.41, 5.74) is 1.01. The molecule has 3 aromatic rings. The second kappa shape index (κ2) is 7.41. The van der Waals surface area contributed by atoms with Crippen LogP contribution in [0.1, 0.15) is 11.1 Å². The van der Waals surface area contributed by atoms with Gasteiger partial charge in [0.15, 0.2) is 0 Å². The van der Waals surface area contributed by atoms with Crippen molar-refractivity contribution in [2.24, 2.45) is 7.05 Å². The molecule has 0 fully saturated rings. The summed E-state index contributed by atoms with van der Waals surface area (Å²) in [6.07, 6.45) is -2.91. The van der Waals surface area contributed by atoms with Gasteiger partial charge in [-0.2, -0.15) is 23.0 Å². The number of alkyl halides is 3. The number of aryl methyl sites for hydroxylation is 1. The average molecular weight is 372 g/mol. The molecule has 2 aromatic carbocycles. The van der Waals surface area contributed by atoms with Crippen LogP contribution in [0.2, 0.25) is 0 Å². The van der Waals surface area contributed by atoms with Gasteiger partial charge in [0, 0.05) is 18.3 Å². The van der Waals surface area contributed by atoms with Gasteiger partial charge in [-0.05, 0) is 48.5 Å². The predicted molar refractivity (Wildman–Crippen MR) is 95.6 cm³/mol. The van der Waals surface area contributed by atoms with Crippen molar-refractivity contribution in [3.63, 3.8) is 0 Å². The zero-order valence-corrected chi connectivity index (χ0v) is 14.3. The lowest BCUT2D eigenvalue weighted by Crippen LogP contribution is -2.21. The Balaban J connectivity index is 1.59. The first kappa shape index (κ1) is 18.3. The van der Waals surface area contributed by atoms with E-state index in [1.807, 2.05) is 0 Å². The minimum absolute atomic E-state index is 0.238. The van der Waals surface area contributed by atoms with E-state index >= 15 is 0 Å². The molecule has 138 valence electrons. The molecule has 8 heteroatoms. The summed E-state index contributed by atoms with van der Waals surface area (Å²) in [5.74, 6) is 5.66. The molecule has 1 aromatic heterocycles. The molecular weight excluding hydrogens is 357 g/mol. The molecule has 0 radical (unpaired) electrons. The molecule has 0 spiro atoms. The molecule has 0 aliphatic rings. The van der Waals surface area contributed by atoms with E-state index in [9.17, 15) is 18.0 Å². The molecule has 5 nitrogen and oxygen atoms in total. The highest BCUT2D eigenvalue weighted by atomic mass is 19.4. The normalized spacial score (nSPS) is 11.0. The van der Waals surface area contributed by atoms with Crippen LogP contribution in [0.3, 0.4) is 0 Å². The van der Waals surface area contributed by atoms with Crippen molar-refractivity contribution < 1.29 is 13.2 Å². The third kappa shape index (κ3) is 4.39. The van der Waals surface area contributed by atoms with Crippen LogP contribution in [0.5, 0.6) is 0 Å². The lowest BCUT2D eigenvalue weighted by Gasteiger charge is -2.05. The summed E-state index contributed by atoms with van der Waals surface area (Å²) in [7, 11) is 1.62. The second-order valence-electron chi connectivity index (χ2n) is 5.71. The Morgan fingerprint density at radius 3 is 2.30 bits per heavy atom. The van der Waals surface area contributed by atoms with E-state index in [1.54, 1.807) is 31.3 Å². The van der Waals surface area contributed by atoms with Gasteiger partial charge in [0.25, 0.3) is 0 Å². The Kier molecular flexibility index (Phi) is 5.03. The van der Waals surface area contributed by atoms with E-state index < -0.39 is 11.7 Å². The number of nitrogens with one attached hydrogen (secondary N) is 1. The Labute approximate surface area is 153 Å². The lowest BCUT2D eigenvalue weighted by atomic mass is 10.1. The maximum atomic E-state index is 12.5. The number of rotatable bonds is 3. The summed E-state index contributed by atoms with van der Waals surface area (Å²) >= 11 is 0. The first-order valence-corrected chi connectivity index (χ1v) is 7.96. The summed E-state index contributed by atoms with van der Waals surface area (Å²) < 4.78 is 40.2. The first-order chi connectivity index (χ1) is 12.8. The molecule has 0 atom stereocenters. The fourth-order valence-electron chi connectivity index (χ4n) is 2.31. The molecule has 0 unspecified atom stereocenters. The van der Waals surface area contributed by atoms with Crippen molar-refractivity contribution in [1.82, 2.24) is 14.3 Å². The Hall–Kier alpha value is -3.47. The topological polar surface area (TPSA) is 51.9 Å². The summed E-state index contributed by atoms with van der Waals surface area (Å²) in [5, 5.41) is 7.08. The number of halogens is 3. The second-order valence-corrected chi connectivity index (χ2v) is 5.71. The number of anilines is 1. The Morgan fingerprint density at radius 2 is 1.74 bits per heavy atom. The molecule has 0 saturated carbocycles. The maximum Gasteiger partial charge on any atom is 0.416 e. The van der Waals surface area contributed by atoms with Crippen LogP contribution in [0.25, 0.3) is 5.69 Å². The van der Waals surface area contributed by atoms with Gasteiger partial charge in [-0.25, -0.2) is 4.79 Å². The standard InChI is InChI=1S/C19H15F3N4O/c1-25-13-24-26(18(25)27)17-10-8-16(9-11-17)23-12-2-3-14-4-6-15(7-5-14)19(20,21)22/h4-11,13,23H,12H2,1H3. The number of hydrogen-bond donors (Lipinski definition) is 1. The van der Waals surface area contributed by atoms with E-state index in [4.69, 9.17) is 0 Å². The highest BCUT2D eigenvalue weighted by Crippen LogP contribution is 2.28. The van der Waals surface area contributed by atoms with E-state index in [1.165, 1.54) is 27.7 Å². The van der Waals surface area contributed by atoms with Gasteiger partial charge >= 0.3 is 11.9 Å². The van der Waals surface area contributed by atoms with Crippen LogP contribution in [0.15, 0.2) is 59.7 Å². The zero-order chi connectivity index (χ0) is 19.4. The van der Waals surface area contributed by atoms with Crippen molar-refractivity contribution in [2.45, 2.75) is 6.18 Å². The third-order valence-corrected chi connectivity index (χ3v) is 3.76. The van der Waals surface area contributed by atoms with Crippen LogP contribution < -0.4 is 11.0 Å². The molecule has 0 aliphatic carbocycles. The first-order valence-electron chi connectivity index (χ1n) is 7.96. The summed E-state index contributed by atoms with van der Waals surface area (Å²) in [6.45, 7) is 0.323. The molecule has 0 aliphatic heterocycles. The van der Waals surface area contributed by atoms with Gasteiger partial charge < -0.3 is 5.32 Å². The van der Waals surface area contributed by atoms with Crippen molar-refractivity contribution in [3.05, 3.63) is 76.5 Å². The van der Waals surface area contributed by atoms with Crippen molar-refractivity contribution >= 4 is 5.69 Å². The van der Waals surface area contributed by atoms with Crippen LogP contribution in [0.4, 0.5) is 18.9 Å². The molecular formula is C19H15F3N4O. The number of nitrogens with zero attached hydrogens (tertiary/aromatic N) is 3. The highest BCUT2D eigenvalue weighted by molar-refractivity contribution is 5.49. The Bertz CT molecular complexity index is 1040. The monoisotopic (exact) mass is 372 g/mol. The fourth-order valence-corrected chi connectivity index (χ4v) is 2.31. The smallest absolute Gasteiger partial charge is 0.374 e. The van der Waals surface area contributed by atoms with E-state index in [0.29, 0.717) is 17.8 Å². The molecule has 0 bridgehead atoms. The van der Waals surface area contributed by atoms with Gasteiger partial charge in [0.05, 0.1) is 17.8 Å². The molecule has 0 saturated heterocycles. The molecule has 3 rings (SSSR count). The van der Waals surface area contributed by atoms with Crippen LogP contribution in [-0.4, -0.2) is 20.9 Å².